The lowest BCUT2D eigenvalue weighted by Crippen LogP contribution is -2.28. The van der Waals surface area contributed by atoms with Gasteiger partial charge in [-0.3, -0.25) is 9.59 Å². The normalized spacial score (nSPS) is 13.0. The first-order valence-corrected chi connectivity index (χ1v) is 9.45. The summed E-state index contributed by atoms with van der Waals surface area (Å²) in [5.74, 6) is -0.436. The molecule has 0 saturated carbocycles. The first kappa shape index (κ1) is 18.9. The SMILES string of the molecule is CC(=O)Nc1ccc(C)c(C(=O)NC2=Nc3cccc(C)c3C(C)=CS2)c1. The Bertz CT molecular complexity index is 993. The Hall–Kier alpha value is -2.86. The molecule has 1 aliphatic rings. The number of nitrogens with one attached hydrogen (secondary N) is 2. The third-order valence-electron chi connectivity index (χ3n) is 4.24. The van der Waals surface area contributed by atoms with Crippen molar-refractivity contribution in [3.05, 3.63) is 64.1 Å². The summed E-state index contributed by atoms with van der Waals surface area (Å²) < 4.78 is 0. The van der Waals surface area contributed by atoms with Crippen LogP contribution in [0.25, 0.3) is 5.57 Å². The first-order valence-electron chi connectivity index (χ1n) is 8.57. The van der Waals surface area contributed by atoms with Crippen LogP contribution in [0.2, 0.25) is 0 Å². The first-order chi connectivity index (χ1) is 12.8. The summed E-state index contributed by atoms with van der Waals surface area (Å²) in [5, 5.41) is 8.12. The van der Waals surface area contributed by atoms with E-state index in [1.165, 1.54) is 18.7 Å². The van der Waals surface area contributed by atoms with Crippen LogP contribution in [0.4, 0.5) is 11.4 Å². The summed E-state index contributed by atoms with van der Waals surface area (Å²) in [6.07, 6.45) is 0. The molecule has 0 saturated heterocycles. The summed E-state index contributed by atoms with van der Waals surface area (Å²) in [6, 6.07) is 11.2. The van der Waals surface area contributed by atoms with Gasteiger partial charge < -0.3 is 10.6 Å². The van der Waals surface area contributed by atoms with E-state index in [9.17, 15) is 9.59 Å². The number of anilines is 1. The molecule has 2 amide bonds. The Morgan fingerprint density at radius 2 is 1.78 bits per heavy atom. The van der Waals surface area contributed by atoms with Crippen molar-refractivity contribution < 1.29 is 9.59 Å². The van der Waals surface area contributed by atoms with E-state index in [2.05, 4.69) is 28.6 Å². The maximum absolute atomic E-state index is 12.8. The van der Waals surface area contributed by atoms with Gasteiger partial charge in [0.1, 0.15) is 0 Å². The van der Waals surface area contributed by atoms with E-state index in [0.29, 0.717) is 16.4 Å². The number of amides is 2. The zero-order chi connectivity index (χ0) is 19.6. The van der Waals surface area contributed by atoms with E-state index in [1.54, 1.807) is 12.1 Å². The van der Waals surface area contributed by atoms with Crippen LogP contribution in [0, 0.1) is 13.8 Å². The van der Waals surface area contributed by atoms with E-state index in [-0.39, 0.29) is 11.8 Å². The highest BCUT2D eigenvalue weighted by molar-refractivity contribution is 8.16. The van der Waals surface area contributed by atoms with Gasteiger partial charge in [0.2, 0.25) is 5.91 Å². The number of allylic oxidation sites excluding steroid dienone is 1. The highest BCUT2D eigenvalue weighted by Gasteiger charge is 2.17. The van der Waals surface area contributed by atoms with E-state index >= 15 is 0 Å². The number of hydrogen-bond acceptors (Lipinski definition) is 4. The predicted molar refractivity (Wildman–Crippen MR) is 112 cm³/mol. The number of thioether (sulfide) groups is 1. The molecule has 1 heterocycles. The second-order valence-corrected chi connectivity index (χ2v) is 7.33. The highest BCUT2D eigenvalue weighted by atomic mass is 32.2. The molecule has 0 aromatic heterocycles. The van der Waals surface area contributed by atoms with Gasteiger partial charge in [0, 0.05) is 23.7 Å². The predicted octanol–water partition coefficient (Wildman–Crippen LogP) is 4.79. The summed E-state index contributed by atoms with van der Waals surface area (Å²) in [6.45, 7) is 7.39. The lowest BCUT2D eigenvalue weighted by Gasteiger charge is -2.11. The molecule has 2 N–H and O–H groups in total. The molecule has 0 aliphatic carbocycles. The minimum absolute atomic E-state index is 0.179. The van der Waals surface area contributed by atoms with Crippen molar-refractivity contribution in [1.82, 2.24) is 5.32 Å². The summed E-state index contributed by atoms with van der Waals surface area (Å²) >= 11 is 1.39. The standard InChI is InChI=1S/C21H21N3O2S/c1-12-8-9-16(22-15(4)25)10-17(12)20(26)24-21-23-18-7-5-6-13(2)19(18)14(3)11-27-21/h5-11H,1-4H3,(H,22,25)(H,23,24,26). The van der Waals surface area contributed by atoms with Gasteiger partial charge in [-0.2, -0.15) is 0 Å². The monoisotopic (exact) mass is 379 g/mol. The molecule has 5 nitrogen and oxygen atoms in total. The van der Waals surface area contributed by atoms with Gasteiger partial charge >= 0.3 is 0 Å². The average molecular weight is 379 g/mol. The lowest BCUT2D eigenvalue weighted by molar-refractivity contribution is -0.114. The third-order valence-corrected chi connectivity index (χ3v) is 5.13. The number of rotatable bonds is 2. The topological polar surface area (TPSA) is 70.6 Å². The number of benzene rings is 2. The molecule has 1 aliphatic heterocycles. The molecule has 0 spiro atoms. The molecule has 0 unspecified atom stereocenters. The molecule has 0 fully saturated rings. The van der Waals surface area contributed by atoms with Crippen LogP contribution in [0.5, 0.6) is 0 Å². The molecule has 138 valence electrons. The van der Waals surface area contributed by atoms with Gasteiger partial charge in [0.05, 0.1) is 5.69 Å². The van der Waals surface area contributed by atoms with Crippen molar-refractivity contribution in [3.8, 4) is 0 Å². The lowest BCUT2D eigenvalue weighted by atomic mass is 10.0. The fraction of sp³-hybridized carbons (Fsp3) is 0.190. The molecule has 0 bridgehead atoms. The number of aliphatic imine (C=N–C) groups is 1. The Morgan fingerprint density at radius 1 is 1.00 bits per heavy atom. The van der Waals surface area contributed by atoms with Gasteiger partial charge in [0.15, 0.2) is 5.17 Å². The number of carbonyl (C=O) groups excluding carboxylic acids is 2. The molecular weight excluding hydrogens is 358 g/mol. The number of amidine groups is 1. The van der Waals surface area contributed by atoms with Crippen LogP contribution in [-0.2, 0) is 4.79 Å². The Balaban J connectivity index is 1.90. The maximum atomic E-state index is 12.8. The van der Waals surface area contributed by atoms with E-state index in [1.807, 2.05) is 37.5 Å². The number of fused-ring (bicyclic) bond motifs is 1. The smallest absolute Gasteiger partial charge is 0.257 e. The van der Waals surface area contributed by atoms with Crippen molar-refractivity contribution in [1.29, 1.82) is 0 Å². The molecule has 6 heteroatoms. The second-order valence-electron chi connectivity index (χ2n) is 6.47. The van der Waals surface area contributed by atoms with Gasteiger partial charge in [-0.25, -0.2) is 4.99 Å². The second kappa shape index (κ2) is 7.80. The molecule has 0 radical (unpaired) electrons. The minimum atomic E-state index is -0.256. The number of aryl methyl sites for hydroxylation is 2. The zero-order valence-corrected chi connectivity index (χ0v) is 16.5. The van der Waals surface area contributed by atoms with Gasteiger partial charge in [-0.15, -0.1) is 0 Å². The molecule has 2 aromatic carbocycles. The van der Waals surface area contributed by atoms with Crippen LogP contribution >= 0.6 is 11.8 Å². The number of carbonyl (C=O) groups is 2. The summed E-state index contributed by atoms with van der Waals surface area (Å²) in [5.41, 5.74) is 6.11. The van der Waals surface area contributed by atoms with Crippen molar-refractivity contribution in [2.24, 2.45) is 4.99 Å². The largest absolute Gasteiger partial charge is 0.326 e. The van der Waals surface area contributed by atoms with Crippen molar-refractivity contribution in [2.45, 2.75) is 27.7 Å². The minimum Gasteiger partial charge on any atom is -0.326 e. The molecule has 2 aromatic rings. The van der Waals surface area contributed by atoms with Crippen LogP contribution in [-0.4, -0.2) is 17.0 Å². The van der Waals surface area contributed by atoms with Crippen LogP contribution in [0.15, 0.2) is 46.8 Å². The van der Waals surface area contributed by atoms with E-state index < -0.39 is 0 Å². The van der Waals surface area contributed by atoms with Crippen LogP contribution in [0.1, 0.15) is 40.9 Å². The zero-order valence-electron chi connectivity index (χ0n) is 15.7. The Kier molecular flexibility index (Phi) is 5.46. The summed E-state index contributed by atoms with van der Waals surface area (Å²) in [4.78, 5) is 28.7. The average Bonchev–Trinajstić information content (AvgIpc) is 2.76. The van der Waals surface area contributed by atoms with Crippen LogP contribution in [0.3, 0.4) is 0 Å². The van der Waals surface area contributed by atoms with Gasteiger partial charge in [-0.05, 0) is 61.1 Å². The fourth-order valence-corrected chi connectivity index (χ4v) is 3.68. The van der Waals surface area contributed by atoms with E-state index in [0.717, 1.165) is 28.0 Å². The molecular formula is C21H21N3O2S. The molecule has 3 rings (SSSR count). The third kappa shape index (κ3) is 4.28. The fourth-order valence-electron chi connectivity index (χ4n) is 2.97. The Labute approximate surface area is 163 Å². The van der Waals surface area contributed by atoms with E-state index in [4.69, 9.17) is 0 Å². The Morgan fingerprint density at radius 3 is 2.52 bits per heavy atom. The molecule has 0 atom stereocenters. The number of nitrogens with zero attached hydrogens (tertiary/aromatic N) is 1. The number of hydrogen-bond donors (Lipinski definition) is 2. The maximum Gasteiger partial charge on any atom is 0.257 e. The quantitative estimate of drug-likeness (QED) is 0.788. The van der Waals surface area contributed by atoms with Gasteiger partial charge in [0.25, 0.3) is 5.91 Å². The summed E-state index contributed by atoms with van der Waals surface area (Å²) in [7, 11) is 0. The van der Waals surface area contributed by atoms with Gasteiger partial charge in [-0.1, -0.05) is 30.0 Å². The van der Waals surface area contributed by atoms with Crippen LogP contribution < -0.4 is 10.6 Å². The van der Waals surface area contributed by atoms with Crippen molar-refractivity contribution >= 4 is 45.7 Å². The van der Waals surface area contributed by atoms with Crippen molar-refractivity contribution in [2.75, 3.05) is 5.32 Å². The van der Waals surface area contributed by atoms with Crippen molar-refractivity contribution in [3.63, 3.8) is 0 Å². The molecule has 27 heavy (non-hydrogen) atoms. The highest BCUT2D eigenvalue weighted by Crippen LogP contribution is 2.34.